The number of methoxy groups -OCH3 is 2. The second kappa shape index (κ2) is 11.5. The van der Waals surface area contributed by atoms with Crippen molar-refractivity contribution < 1.29 is 19.1 Å². The van der Waals surface area contributed by atoms with Crippen molar-refractivity contribution in [3.63, 3.8) is 0 Å². The van der Waals surface area contributed by atoms with E-state index in [2.05, 4.69) is 5.32 Å². The molecule has 0 fully saturated rings. The molecule has 0 spiro atoms. The van der Waals surface area contributed by atoms with Crippen LogP contribution >= 0.6 is 0 Å². The zero-order valence-electron chi connectivity index (χ0n) is 19.1. The van der Waals surface area contributed by atoms with Gasteiger partial charge in [-0.1, -0.05) is 48.5 Å². The highest BCUT2D eigenvalue weighted by Crippen LogP contribution is 2.28. The summed E-state index contributed by atoms with van der Waals surface area (Å²) in [7, 11) is 4.78. The number of benzene rings is 3. The number of nitrogens with one attached hydrogen (secondary N) is 1. The Morgan fingerprint density at radius 1 is 0.909 bits per heavy atom. The third-order valence-corrected chi connectivity index (χ3v) is 5.21. The number of likely N-dealkylation sites (N-methyl/N-ethyl adjacent to an activating group) is 1. The van der Waals surface area contributed by atoms with Gasteiger partial charge in [0.25, 0.3) is 11.8 Å². The predicted molar refractivity (Wildman–Crippen MR) is 131 cm³/mol. The Kier molecular flexibility index (Phi) is 8.24. The maximum absolute atomic E-state index is 12.8. The first kappa shape index (κ1) is 23.6. The van der Waals surface area contributed by atoms with Gasteiger partial charge in [0.05, 0.1) is 25.5 Å². The first-order valence-corrected chi connectivity index (χ1v) is 10.6. The fourth-order valence-corrected chi connectivity index (χ4v) is 3.37. The molecule has 0 atom stereocenters. The molecule has 6 heteroatoms. The largest absolute Gasteiger partial charge is 0.493 e. The second-order valence-corrected chi connectivity index (χ2v) is 7.35. The molecule has 0 aliphatic rings. The van der Waals surface area contributed by atoms with Gasteiger partial charge in [-0.2, -0.15) is 0 Å². The van der Waals surface area contributed by atoms with Gasteiger partial charge in [-0.25, -0.2) is 0 Å². The monoisotopic (exact) mass is 444 g/mol. The molecule has 0 saturated heterocycles. The Hall–Kier alpha value is -4.06. The van der Waals surface area contributed by atoms with Gasteiger partial charge in [-0.15, -0.1) is 0 Å². The Balaban J connectivity index is 1.68. The van der Waals surface area contributed by atoms with Crippen molar-refractivity contribution in [2.45, 2.75) is 6.42 Å². The summed E-state index contributed by atoms with van der Waals surface area (Å²) >= 11 is 0. The van der Waals surface area contributed by atoms with Gasteiger partial charge in [0.1, 0.15) is 0 Å². The summed E-state index contributed by atoms with van der Waals surface area (Å²) in [5.41, 5.74) is 2.93. The number of hydrogen-bond donors (Lipinski definition) is 1. The van der Waals surface area contributed by atoms with E-state index in [9.17, 15) is 9.59 Å². The summed E-state index contributed by atoms with van der Waals surface area (Å²) in [5, 5.41) is 2.94. The topological polar surface area (TPSA) is 67.9 Å². The SMILES string of the molecule is COc1ccc(C=CC(=O)N(C)c2ccccc2C(=O)NCCc2ccccc2)cc1OC. The molecule has 0 saturated carbocycles. The van der Waals surface area contributed by atoms with Gasteiger partial charge < -0.3 is 19.7 Å². The average Bonchev–Trinajstić information content (AvgIpc) is 2.87. The van der Waals surface area contributed by atoms with Crippen molar-refractivity contribution in [2.75, 3.05) is 32.7 Å². The van der Waals surface area contributed by atoms with Crippen LogP contribution < -0.4 is 19.7 Å². The Bertz CT molecular complexity index is 1130. The summed E-state index contributed by atoms with van der Waals surface area (Å²) in [4.78, 5) is 27.1. The summed E-state index contributed by atoms with van der Waals surface area (Å²) < 4.78 is 10.5. The van der Waals surface area contributed by atoms with E-state index in [4.69, 9.17) is 9.47 Å². The van der Waals surface area contributed by atoms with Gasteiger partial charge in [0.15, 0.2) is 11.5 Å². The molecule has 0 heterocycles. The molecule has 2 amide bonds. The quantitative estimate of drug-likeness (QED) is 0.498. The van der Waals surface area contributed by atoms with Crippen LogP contribution in [-0.2, 0) is 11.2 Å². The molecular weight excluding hydrogens is 416 g/mol. The lowest BCUT2D eigenvalue weighted by molar-refractivity contribution is -0.113. The van der Waals surface area contributed by atoms with Crippen LogP contribution in [0.15, 0.2) is 78.9 Å². The molecule has 3 rings (SSSR count). The van der Waals surface area contributed by atoms with Crippen molar-refractivity contribution in [2.24, 2.45) is 0 Å². The van der Waals surface area contributed by atoms with E-state index in [0.717, 1.165) is 17.5 Å². The molecule has 0 aliphatic carbocycles. The van der Waals surface area contributed by atoms with E-state index < -0.39 is 0 Å². The van der Waals surface area contributed by atoms with Crippen molar-refractivity contribution in [3.8, 4) is 11.5 Å². The van der Waals surface area contributed by atoms with Gasteiger partial charge in [0.2, 0.25) is 0 Å². The third kappa shape index (κ3) is 6.23. The molecule has 0 aliphatic heterocycles. The average molecular weight is 445 g/mol. The molecule has 0 unspecified atom stereocenters. The second-order valence-electron chi connectivity index (χ2n) is 7.35. The van der Waals surface area contributed by atoms with Crippen LogP contribution in [0.1, 0.15) is 21.5 Å². The van der Waals surface area contributed by atoms with Crippen LogP contribution in [-0.4, -0.2) is 39.6 Å². The first-order chi connectivity index (χ1) is 16.0. The molecule has 0 aromatic heterocycles. The Labute approximate surface area is 194 Å². The van der Waals surface area contributed by atoms with Crippen LogP contribution in [0.3, 0.4) is 0 Å². The van der Waals surface area contributed by atoms with Crippen LogP contribution in [0, 0.1) is 0 Å². The van der Waals surface area contributed by atoms with E-state index in [1.807, 2.05) is 36.4 Å². The lowest BCUT2D eigenvalue weighted by Crippen LogP contribution is -2.30. The summed E-state index contributed by atoms with van der Waals surface area (Å²) in [6.07, 6.45) is 3.90. The molecule has 6 nitrogen and oxygen atoms in total. The van der Waals surface area contributed by atoms with Crippen molar-refractivity contribution in [3.05, 3.63) is 95.6 Å². The molecule has 3 aromatic carbocycles. The number of anilines is 1. The van der Waals surface area contributed by atoms with E-state index in [1.165, 1.54) is 11.0 Å². The molecule has 1 N–H and O–H groups in total. The maximum atomic E-state index is 12.8. The minimum Gasteiger partial charge on any atom is -0.493 e. The van der Waals surface area contributed by atoms with E-state index in [0.29, 0.717) is 29.3 Å². The molecule has 170 valence electrons. The zero-order valence-corrected chi connectivity index (χ0v) is 19.1. The smallest absolute Gasteiger partial charge is 0.253 e. The number of carbonyl (C=O) groups is 2. The Morgan fingerprint density at radius 2 is 1.61 bits per heavy atom. The number of nitrogens with zero attached hydrogens (tertiary/aromatic N) is 1. The molecule has 0 radical (unpaired) electrons. The number of amides is 2. The summed E-state index contributed by atoms with van der Waals surface area (Å²) in [6.45, 7) is 0.508. The number of carbonyl (C=O) groups excluding carboxylic acids is 2. The van der Waals surface area contributed by atoms with Gasteiger partial charge in [-0.3, -0.25) is 9.59 Å². The van der Waals surface area contributed by atoms with E-state index in [1.54, 1.807) is 63.7 Å². The number of ether oxygens (including phenoxy) is 2. The van der Waals surface area contributed by atoms with Crippen molar-refractivity contribution in [1.82, 2.24) is 5.32 Å². The van der Waals surface area contributed by atoms with Crippen LogP contribution in [0.25, 0.3) is 6.08 Å². The minimum atomic E-state index is -0.255. The lowest BCUT2D eigenvalue weighted by Gasteiger charge is -2.19. The molecule has 33 heavy (non-hydrogen) atoms. The molecular formula is C27H28N2O4. The van der Waals surface area contributed by atoms with Crippen LogP contribution in [0.4, 0.5) is 5.69 Å². The Morgan fingerprint density at radius 3 is 2.33 bits per heavy atom. The normalized spacial score (nSPS) is 10.6. The highest BCUT2D eigenvalue weighted by molar-refractivity contribution is 6.08. The lowest BCUT2D eigenvalue weighted by atomic mass is 10.1. The summed E-state index contributed by atoms with van der Waals surface area (Å²) in [5.74, 6) is 0.725. The number of rotatable bonds is 9. The van der Waals surface area contributed by atoms with Gasteiger partial charge in [0, 0.05) is 19.7 Å². The van der Waals surface area contributed by atoms with Crippen LogP contribution in [0.2, 0.25) is 0 Å². The first-order valence-electron chi connectivity index (χ1n) is 10.6. The maximum Gasteiger partial charge on any atom is 0.253 e. The zero-order chi connectivity index (χ0) is 23.6. The summed E-state index contributed by atoms with van der Waals surface area (Å²) in [6, 6.07) is 22.4. The fraction of sp³-hybridized carbons (Fsp3) is 0.185. The number of para-hydroxylation sites is 1. The van der Waals surface area contributed by atoms with Crippen LogP contribution in [0.5, 0.6) is 11.5 Å². The van der Waals surface area contributed by atoms with E-state index >= 15 is 0 Å². The third-order valence-electron chi connectivity index (χ3n) is 5.21. The number of hydrogen-bond acceptors (Lipinski definition) is 4. The molecule has 3 aromatic rings. The highest BCUT2D eigenvalue weighted by atomic mass is 16.5. The van der Waals surface area contributed by atoms with Crippen molar-refractivity contribution in [1.29, 1.82) is 0 Å². The van der Waals surface area contributed by atoms with Gasteiger partial charge >= 0.3 is 0 Å². The predicted octanol–water partition coefficient (Wildman–Crippen LogP) is 4.35. The van der Waals surface area contributed by atoms with Gasteiger partial charge in [-0.05, 0) is 47.9 Å². The highest BCUT2D eigenvalue weighted by Gasteiger charge is 2.17. The molecule has 0 bridgehead atoms. The van der Waals surface area contributed by atoms with E-state index in [-0.39, 0.29) is 11.8 Å². The minimum absolute atomic E-state index is 0.218. The van der Waals surface area contributed by atoms with Crippen molar-refractivity contribution >= 4 is 23.6 Å². The standard InChI is InChI=1S/C27H28N2O4/c1-29(26(30)16-14-21-13-15-24(32-2)25(19-21)33-3)23-12-8-7-11-22(23)27(31)28-18-17-20-9-5-4-6-10-20/h4-16,19H,17-18H2,1-3H3,(H,28,31). The fourth-order valence-electron chi connectivity index (χ4n) is 3.37.